The summed E-state index contributed by atoms with van der Waals surface area (Å²) in [4.78, 5) is 13.5. The second kappa shape index (κ2) is 8.20. The van der Waals surface area contributed by atoms with Gasteiger partial charge in [0, 0.05) is 12.3 Å². The van der Waals surface area contributed by atoms with E-state index in [-0.39, 0.29) is 11.5 Å². The Morgan fingerprint density at radius 1 is 0.933 bits per heavy atom. The van der Waals surface area contributed by atoms with Crippen LogP contribution >= 0.6 is 0 Å². The van der Waals surface area contributed by atoms with Gasteiger partial charge in [0.15, 0.2) is 0 Å². The molecule has 30 heavy (non-hydrogen) atoms. The van der Waals surface area contributed by atoms with Gasteiger partial charge in [0.2, 0.25) is 0 Å². The Kier molecular flexibility index (Phi) is 6.23. The largest absolute Gasteiger partial charge is 0.393 e. The second-order valence-corrected chi connectivity index (χ2v) is 13.0. The van der Waals surface area contributed by atoms with Crippen LogP contribution in [0.3, 0.4) is 0 Å². The van der Waals surface area contributed by atoms with Gasteiger partial charge in [0.1, 0.15) is 5.78 Å². The molecule has 4 rings (SSSR count). The van der Waals surface area contributed by atoms with Crippen LogP contribution in [0.5, 0.6) is 0 Å². The second-order valence-electron chi connectivity index (χ2n) is 13.0. The summed E-state index contributed by atoms with van der Waals surface area (Å²) in [5.41, 5.74) is 0.657. The van der Waals surface area contributed by atoms with E-state index >= 15 is 0 Å². The standard InChI is InChI=1S/C28H48O2/c1-17(2)18(3)7-8-19(4)22-9-10-23-26-24(12-14-28(22,23)6)27(5)13-11-21(29)15-20(27)16-25(26)30/h17-24,26,29H,7-16H2,1-6H3/t18-,19-,20-,21+,22-,23+,24-,26+,27-,28-/m1/s1. The van der Waals surface area contributed by atoms with Crippen molar-refractivity contribution in [3.8, 4) is 0 Å². The minimum Gasteiger partial charge on any atom is -0.393 e. The highest BCUT2D eigenvalue weighted by Crippen LogP contribution is 2.67. The van der Waals surface area contributed by atoms with Crippen molar-refractivity contribution in [3.05, 3.63) is 0 Å². The number of hydrogen-bond donors (Lipinski definition) is 1. The first-order chi connectivity index (χ1) is 14.1. The van der Waals surface area contributed by atoms with E-state index < -0.39 is 0 Å². The number of ketones is 1. The number of carbonyl (C=O) groups is 1. The van der Waals surface area contributed by atoms with Gasteiger partial charge in [0.05, 0.1) is 6.10 Å². The molecular weight excluding hydrogens is 368 g/mol. The van der Waals surface area contributed by atoms with E-state index in [1.54, 1.807) is 0 Å². The third kappa shape index (κ3) is 3.61. The summed E-state index contributed by atoms with van der Waals surface area (Å²) in [6.45, 7) is 14.7. The molecule has 2 nitrogen and oxygen atoms in total. The normalized spacial score (nSPS) is 48.1. The smallest absolute Gasteiger partial charge is 0.136 e. The summed E-state index contributed by atoms with van der Waals surface area (Å²) in [7, 11) is 0. The quantitative estimate of drug-likeness (QED) is 0.529. The van der Waals surface area contributed by atoms with Crippen molar-refractivity contribution in [1.82, 2.24) is 0 Å². The minimum atomic E-state index is -0.175. The topological polar surface area (TPSA) is 37.3 Å². The van der Waals surface area contributed by atoms with Gasteiger partial charge in [-0.2, -0.15) is 0 Å². The van der Waals surface area contributed by atoms with E-state index in [2.05, 4.69) is 41.5 Å². The van der Waals surface area contributed by atoms with Crippen molar-refractivity contribution in [3.63, 3.8) is 0 Å². The average molecular weight is 417 g/mol. The first-order valence-corrected chi connectivity index (χ1v) is 13.3. The molecule has 0 aromatic carbocycles. The molecule has 0 amide bonds. The lowest BCUT2D eigenvalue weighted by atomic mass is 9.44. The molecule has 4 aliphatic rings. The maximum Gasteiger partial charge on any atom is 0.136 e. The van der Waals surface area contributed by atoms with E-state index in [0.717, 1.165) is 49.4 Å². The molecule has 4 fully saturated rings. The minimum absolute atomic E-state index is 0.175. The zero-order valence-corrected chi connectivity index (χ0v) is 20.6. The fourth-order valence-electron chi connectivity index (χ4n) is 8.94. The average Bonchev–Trinajstić information content (AvgIpc) is 3.04. The Hall–Kier alpha value is -0.370. The van der Waals surface area contributed by atoms with Crippen LogP contribution in [0, 0.1) is 58.2 Å². The highest BCUT2D eigenvalue weighted by atomic mass is 16.3. The molecule has 0 saturated heterocycles. The lowest BCUT2D eigenvalue weighted by Gasteiger charge is -2.60. The predicted octanol–water partition coefficient (Wildman–Crippen LogP) is 6.89. The summed E-state index contributed by atoms with van der Waals surface area (Å²) in [6.07, 6.45) is 11.4. The molecule has 1 N–H and O–H groups in total. The van der Waals surface area contributed by atoms with Gasteiger partial charge in [-0.15, -0.1) is 0 Å². The van der Waals surface area contributed by atoms with E-state index in [4.69, 9.17) is 0 Å². The Labute approximate surface area is 186 Å². The fourth-order valence-corrected chi connectivity index (χ4v) is 8.94. The first-order valence-electron chi connectivity index (χ1n) is 13.3. The Balaban J connectivity index is 1.51. The molecule has 0 unspecified atom stereocenters. The van der Waals surface area contributed by atoms with Crippen molar-refractivity contribution < 1.29 is 9.90 Å². The molecule has 0 aromatic rings. The van der Waals surface area contributed by atoms with Crippen LogP contribution in [0.4, 0.5) is 0 Å². The molecule has 0 spiro atoms. The number of rotatable bonds is 5. The Morgan fingerprint density at radius 3 is 2.30 bits per heavy atom. The lowest BCUT2D eigenvalue weighted by molar-refractivity contribution is -0.160. The summed E-state index contributed by atoms with van der Waals surface area (Å²) in [5, 5.41) is 10.2. The number of fused-ring (bicyclic) bond motifs is 5. The van der Waals surface area contributed by atoms with Crippen LogP contribution in [-0.4, -0.2) is 17.0 Å². The fraction of sp³-hybridized carbons (Fsp3) is 0.964. The van der Waals surface area contributed by atoms with Gasteiger partial charge >= 0.3 is 0 Å². The van der Waals surface area contributed by atoms with Crippen molar-refractivity contribution in [2.45, 2.75) is 112 Å². The summed E-state index contributed by atoms with van der Waals surface area (Å²) in [5.74, 6) is 5.66. The molecule has 0 radical (unpaired) electrons. The van der Waals surface area contributed by atoms with Crippen LogP contribution in [0.15, 0.2) is 0 Å². The van der Waals surface area contributed by atoms with E-state index in [0.29, 0.717) is 34.9 Å². The third-order valence-corrected chi connectivity index (χ3v) is 11.4. The summed E-state index contributed by atoms with van der Waals surface area (Å²) in [6, 6.07) is 0. The molecule has 2 heteroatoms. The molecular formula is C28H48O2. The first kappa shape index (κ1) is 22.8. The van der Waals surface area contributed by atoms with Crippen molar-refractivity contribution in [2.75, 3.05) is 0 Å². The Morgan fingerprint density at radius 2 is 1.60 bits per heavy atom. The van der Waals surface area contributed by atoms with Crippen molar-refractivity contribution in [2.24, 2.45) is 58.2 Å². The SMILES string of the molecule is CC(C)[C@H](C)CC[C@@H](C)[C@H]1CC[C@H]2[C@@H]3C(=O)C[C@H]4C[C@@H](O)CC[C@@]4(C)[C@@H]3CC[C@]12C. The van der Waals surface area contributed by atoms with Gasteiger partial charge in [0.25, 0.3) is 0 Å². The van der Waals surface area contributed by atoms with E-state index in [1.807, 2.05) is 0 Å². The highest BCUT2D eigenvalue weighted by molar-refractivity contribution is 5.83. The van der Waals surface area contributed by atoms with Crippen LogP contribution in [0.2, 0.25) is 0 Å². The lowest BCUT2D eigenvalue weighted by Crippen LogP contribution is -2.57. The number of Topliss-reactive ketones (excluding diaryl/α,β-unsaturated/α-hetero) is 1. The Bertz CT molecular complexity index is 641. The van der Waals surface area contributed by atoms with Gasteiger partial charge < -0.3 is 5.11 Å². The summed E-state index contributed by atoms with van der Waals surface area (Å²) >= 11 is 0. The summed E-state index contributed by atoms with van der Waals surface area (Å²) < 4.78 is 0. The van der Waals surface area contributed by atoms with Crippen LogP contribution in [0.25, 0.3) is 0 Å². The maximum atomic E-state index is 13.5. The number of aliphatic hydroxyl groups excluding tert-OH is 1. The van der Waals surface area contributed by atoms with Gasteiger partial charge in [-0.1, -0.05) is 54.4 Å². The van der Waals surface area contributed by atoms with Crippen molar-refractivity contribution in [1.29, 1.82) is 0 Å². The predicted molar refractivity (Wildman–Crippen MR) is 124 cm³/mol. The molecule has 10 atom stereocenters. The molecule has 0 heterocycles. The molecule has 0 bridgehead atoms. The molecule has 0 aromatic heterocycles. The van der Waals surface area contributed by atoms with Crippen LogP contribution in [0.1, 0.15) is 106 Å². The monoisotopic (exact) mass is 416 g/mol. The number of aliphatic hydroxyl groups is 1. The van der Waals surface area contributed by atoms with E-state index in [1.165, 1.54) is 38.5 Å². The van der Waals surface area contributed by atoms with Gasteiger partial charge in [-0.25, -0.2) is 0 Å². The molecule has 172 valence electrons. The molecule has 4 saturated carbocycles. The zero-order chi connectivity index (χ0) is 21.8. The molecule has 4 aliphatic carbocycles. The third-order valence-electron chi connectivity index (χ3n) is 11.4. The zero-order valence-electron chi connectivity index (χ0n) is 20.6. The van der Waals surface area contributed by atoms with Crippen LogP contribution in [-0.2, 0) is 4.79 Å². The van der Waals surface area contributed by atoms with Crippen molar-refractivity contribution >= 4 is 5.78 Å². The van der Waals surface area contributed by atoms with Crippen LogP contribution < -0.4 is 0 Å². The van der Waals surface area contributed by atoms with E-state index in [9.17, 15) is 9.90 Å². The van der Waals surface area contributed by atoms with Gasteiger partial charge in [-0.3, -0.25) is 4.79 Å². The number of carbonyl (C=O) groups excluding carboxylic acids is 1. The molecule has 0 aliphatic heterocycles. The maximum absolute atomic E-state index is 13.5. The highest BCUT2D eigenvalue weighted by Gasteiger charge is 2.62. The van der Waals surface area contributed by atoms with Gasteiger partial charge in [-0.05, 0) is 97.2 Å². The number of hydrogen-bond acceptors (Lipinski definition) is 2.